The Kier molecular flexibility index (Phi) is 9.45. The first kappa shape index (κ1) is 25.8. The molecule has 0 unspecified atom stereocenters. The average molecular weight is 490 g/mol. The fourth-order valence-electron chi connectivity index (χ4n) is 3.12. The number of hydrogen-bond donors (Lipinski definition) is 4. The molecule has 1 aromatic heterocycles. The van der Waals surface area contributed by atoms with Crippen LogP contribution in [0.5, 0.6) is 0 Å². The molecule has 3 rings (SSSR count). The number of nitro benzene ring substituents is 1. The van der Waals surface area contributed by atoms with Crippen molar-refractivity contribution in [2.75, 3.05) is 36.8 Å². The molecule has 2 amide bonds. The van der Waals surface area contributed by atoms with Crippen LogP contribution in [0.25, 0.3) is 17.5 Å². The molecule has 3 aromatic rings. The molecular formula is C25H27N7O4. The molecule has 2 aromatic carbocycles. The molecule has 1 heterocycles. The van der Waals surface area contributed by atoms with Gasteiger partial charge in [-0.1, -0.05) is 42.5 Å². The normalized spacial score (nSPS) is 10.6. The van der Waals surface area contributed by atoms with E-state index in [-0.39, 0.29) is 17.5 Å². The Balaban J connectivity index is 1.56. The van der Waals surface area contributed by atoms with Gasteiger partial charge >= 0.3 is 0 Å². The lowest BCUT2D eigenvalue weighted by atomic mass is 10.2. The Labute approximate surface area is 208 Å². The highest BCUT2D eigenvalue weighted by Gasteiger charge is 2.08. The highest BCUT2D eigenvalue weighted by atomic mass is 16.6. The Morgan fingerprint density at radius 3 is 2.19 bits per heavy atom. The molecule has 11 heteroatoms. The molecule has 4 N–H and O–H groups in total. The summed E-state index contributed by atoms with van der Waals surface area (Å²) in [7, 11) is 0. The first-order chi connectivity index (χ1) is 17.4. The monoisotopic (exact) mass is 489 g/mol. The number of hydrogen-bond acceptors (Lipinski definition) is 8. The van der Waals surface area contributed by atoms with E-state index in [9.17, 15) is 19.7 Å². The van der Waals surface area contributed by atoms with Crippen LogP contribution in [0.3, 0.4) is 0 Å². The van der Waals surface area contributed by atoms with E-state index >= 15 is 0 Å². The van der Waals surface area contributed by atoms with Crippen molar-refractivity contribution >= 4 is 35.2 Å². The molecule has 0 spiro atoms. The van der Waals surface area contributed by atoms with E-state index in [0.717, 1.165) is 5.56 Å². The van der Waals surface area contributed by atoms with Crippen LogP contribution in [-0.4, -0.2) is 52.9 Å². The lowest BCUT2D eigenvalue weighted by Gasteiger charge is -2.12. The van der Waals surface area contributed by atoms with Crippen molar-refractivity contribution in [2.24, 2.45) is 0 Å². The first-order valence-corrected chi connectivity index (χ1v) is 11.3. The fraction of sp³-hybridized carbons (Fsp3) is 0.200. The van der Waals surface area contributed by atoms with Gasteiger partial charge in [-0.15, -0.1) is 0 Å². The van der Waals surface area contributed by atoms with Crippen LogP contribution in [0.15, 0.2) is 66.7 Å². The van der Waals surface area contributed by atoms with E-state index in [4.69, 9.17) is 0 Å². The second-order valence-electron chi connectivity index (χ2n) is 7.64. The van der Waals surface area contributed by atoms with Gasteiger partial charge in [0, 0.05) is 62.9 Å². The molecule has 0 radical (unpaired) electrons. The van der Waals surface area contributed by atoms with E-state index < -0.39 is 4.92 Å². The minimum atomic E-state index is -0.483. The van der Waals surface area contributed by atoms with Crippen molar-refractivity contribution in [1.29, 1.82) is 0 Å². The van der Waals surface area contributed by atoms with Crippen LogP contribution < -0.4 is 21.3 Å². The third-order valence-corrected chi connectivity index (χ3v) is 4.80. The topological polar surface area (TPSA) is 151 Å². The predicted octanol–water partition coefficient (Wildman–Crippen LogP) is 2.84. The molecule has 0 fully saturated rings. The predicted molar refractivity (Wildman–Crippen MR) is 138 cm³/mol. The Hall–Kier alpha value is -4.80. The SMILES string of the molecule is CC(=O)NCCNc1cc(NCCNC(=O)C=Cc2cccc([N+](=O)[O-])c2)nc(-c2ccccc2)n1. The molecule has 0 saturated carbocycles. The molecule has 36 heavy (non-hydrogen) atoms. The van der Waals surface area contributed by atoms with Gasteiger partial charge in [-0.05, 0) is 11.6 Å². The highest BCUT2D eigenvalue weighted by molar-refractivity contribution is 5.91. The number of carbonyl (C=O) groups is 2. The maximum Gasteiger partial charge on any atom is 0.270 e. The van der Waals surface area contributed by atoms with Crippen molar-refractivity contribution in [3.63, 3.8) is 0 Å². The smallest absolute Gasteiger partial charge is 0.270 e. The summed E-state index contributed by atoms with van der Waals surface area (Å²) in [5.41, 5.74) is 1.38. The number of nitrogens with zero attached hydrogens (tertiary/aromatic N) is 3. The second-order valence-corrected chi connectivity index (χ2v) is 7.64. The molecule has 0 saturated heterocycles. The third kappa shape index (κ3) is 8.52. The number of carbonyl (C=O) groups excluding carboxylic acids is 2. The minimum absolute atomic E-state index is 0.0366. The van der Waals surface area contributed by atoms with Gasteiger partial charge < -0.3 is 21.3 Å². The number of nitro groups is 1. The fourth-order valence-corrected chi connectivity index (χ4v) is 3.12. The maximum absolute atomic E-state index is 12.1. The maximum atomic E-state index is 12.1. The van der Waals surface area contributed by atoms with Crippen molar-refractivity contribution in [1.82, 2.24) is 20.6 Å². The zero-order chi connectivity index (χ0) is 25.8. The van der Waals surface area contributed by atoms with Gasteiger partial charge in [0.05, 0.1) is 4.92 Å². The van der Waals surface area contributed by atoms with Crippen molar-refractivity contribution in [3.8, 4) is 11.4 Å². The van der Waals surface area contributed by atoms with Crippen LogP contribution in [-0.2, 0) is 9.59 Å². The van der Waals surface area contributed by atoms with Gasteiger partial charge in [-0.2, -0.15) is 0 Å². The van der Waals surface area contributed by atoms with Crippen molar-refractivity contribution in [3.05, 3.63) is 82.4 Å². The van der Waals surface area contributed by atoms with E-state index in [1.165, 1.54) is 31.2 Å². The third-order valence-electron chi connectivity index (χ3n) is 4.80. The molecular weight excluding hydrogens is 462 g/mol. The minimum Gasteiger partial charge on any atom is -0.368 e. The molecule has 11 nitrogen and oxygen atoms in total. The number of non-ortho nitro benzene ring substituents is 1. The number of rotatable bonds is 12. The Morgan fingerprint density at radius 2 is 1.56 bits per heavy atom. The average Bonchev–Trinajstić information content (AvgIpc) is 2.88. The number of nitrogens with one attached hydrogen (secondary N) is 4. The quantitative estimate of drug-likeness (QED) is 0.131. The molecule has 0 aliphatic heterocycles. The summed E-state index contributed by atoms with van der Waals surface area (Å²) in [5, 5.41) is 22.7. The van der Waals surface area contributed by atoms with Crippen molar-refractivity contribution in [2.45, 2.75) is 6.92 Å². The van der Waals surface area contributed by atoms with Crippen LogP contribution in [0, 0.1) is 10.1 Å². The van der Waals surface area contributed by atoms with Gasteiger partial charge in [0.2, 0.25) is 11.8 Å². The van der Waals surface area contributed by atoms with Gasteiger partial charge in [0.15, 0.2) is 5.82 Å². The molecule has 0 aliphatic carbocycles. The van der Waals surface area contributed by atoms with Gasteiger partial charge in [-0.25, -0.2) is 9.97 Å². The summed E-state index contributed by atoms with van der Waals surface area (Å²) in [6.45, 7) is 3.15. The van der Waals surface area contributed by atoms with Crippen LogP contribution in [0.4, 0.5) is 17.3 Å². The zero-order valence-electron chi connectivity index (χ0n) is 19.7. The highest BCUT2D eigenvalue weighted by Crippen LogP contribution is 2.20. The summed E-state index contributed by atoms with van der Waals surface area (Å²) in [5.74, 6) is 1.28. The number of aromatic nitrogens is 2. The van der Waals surface area contributed by atoms with Gasteiger partial charge in [0.1, 0.15) is 11.6 Å². The largest absolute Gasteiger partial charge is 0.368 e. The number of benzene rings is 2. The lowest BCUT2D eigenvalue weighted by Crippen LogP contribution is -2.27. The lowest BCUT2D eigenvalue weighted by molar-refractivity contribution is -0.384. The van der Waals surface area contributed by atoms with Crippen LogP contribution in [0.2, 0.25) is 0 Å². The Bertz CT molecular complexity index is 1230. The van der Waals surface area contributed by atoms with Crippen LogP contribution in [0.1, 0.15) is 12.5 Å². The number of anilines is 2. The zero-order valence-corrected chi connectivity index (χ0v) is 19.7. The number of amides is 2. The molecule has 0 aliphatic rings. The van der Waals surface area contributed by atoms with E-state index in [1.807, 2.05) is 30.3 Å². The van der Waals surface area contributed by atoms with Crippen LogP contribution >= 0.6 is 0 Å². The van der Waals surface area contributed by atoms with Gasteiger partial charge in [0.25, 0.3) is 5.69 Å². The van der Waals surface area contributed by atoms with E-state index in [1.54, 1.807) is 18.2 Å². The Morgan fingerprint density at radius 1 is 0.889 bits per heavy atom. The summed E-state index contributed by atoms with van der Waals surface area (Å²) >= 11 is 0. The van der Waals surface area contributed by atoms with E-state index in [0.29, 0.717) is 49.2 Å². The summed E-state index contributed by atoms with van der Waals surface area (Å²) in [6, 6.07) is 17.3. The van der Waals surface area contributed by atoms with Crippen molar-refractivity contribution < 1.29 is 14.5 Å². The first-order valence-electron chi connectivity index (χ1n) is 11.3. The molecule has 0 bridgehead atoms. The standard InChI is InChI=1S/C25H27N7O4/c1-18(33)26-12-13-27-22-17-23(31-25(30-22)20-7-3-2-4-8-20)28-14-15-29-24(34)11-10-19-6-5-9-21(16-19)32(35)36/h2-11,16-17H,12-15H2,1H3,(H,26,33)(H,29,34)(H2,27,28,30,31). The second kappa shape index (κ2) is 13.2. The molecule has 186 valence electrons. The molecule has 0 atom stereocenters. The summed E-state index contributed by atoms with van der Waals surface area (Å²) in [6.07, 6.45) is 2.85. The summed E-state index contributed by atoms with van der Waals surface area (Å²) < 4.78 is 0. The summed E-state index contributed by atoms with van der Waals surface area (Å²) in [4.78, 5) is 42.7. The van der Waals surface area contributed by atoms with E-state index in [2.05, 4.69) is 31.2 Å². The van der Waals surface area contributed by atoms with Gasteiger partial charge in [-0.3, -0.25) is 19.7 Å².